The van der Waals surface area contributed by atoms with Crippen LogP contribution in [-0.4, -0.2) is 34.5 Å². The first-order chi connectivity index (χ1) is 10.0. The number of ether oxygens (including phenoxy) is 2. The molecule has 2 aliphatic heterocycles. The van der Waals surface area contributed by atoms with Gasteiger partial charge in [-0.1, -0.05) is 0 Å². The Balaban J connectivity index is 1.74. The summed E-state index contributed by atoms with van der Waals surface area (Å²) >= 11 is 0. The fourth-order valence-electron chi connectivity index (χ4n) is 3.26. The highest BCUT2D eigenvalue weighted by atomic mass is 16.5. The van der Waals surface area contributed by atoms with E-state index in [9.17, 15) is 15.0 Å². The molecule has 1 aromatic carbocycles. The summed E-state index contributed by atoms with van der Waals surface area (Å²) in [5, 5.41) is 19.3. The first kappa shape index (κ1) is 14.2. The van der Waals surface area contributed by atoms with Gasteiger partial charge in [0.1, 0.15) is 23.2 Å². The van der Waals surface area contributed by atoms with E-state index in [1.807, 2.05) is 0 Å². The molecule has 0 amide bonds. The van der Waals surface area contributed by atoms with E-state index in [2.05, 4.69) is 6.92 Å². The Hall–Kier alpha value is -1.75. The van der Waals surface area contributed by atoms with Crippen LogP contribution in [0.15, 0.2) is 12.1 Å². The number of cyclic esters (lactones) is 1. The molecule has 1 unspecified atom stereocenters. The van der Waals surface area contributed by atoms with Crippen molar-refractivity contribution in [1.82, 2.24) is 0 Å². The van der Waals surface area contributed by atoms with Gasteiger partial charge in [0.05, 0.1) is 12.2 Å². The molecule has 3 rings (SSSR count). The number of aromatic hydroxyl groups is 2. The van der Waals surface area contributed by atoms with Crippen LogP contribution in [0.1, 0.15) is 48.5 Å². The van der Waals surface area contributed by atoms with Gasteiger partial charge in [-0.25, -0.2) is 4.79 Å². The number of phenols is 2. The van der Waals surface area contributed by atoms with Gasteiger partial charge < -0.3 is 19.7 Å². The molecule has 0 aliphatic carbocycles. The number of carbonyl (C=O) groups is 1. The molecule has 0 bridgehead atoms. The van der Waals surface area contributed by atoms with Crippen LogP contribution in [0.25, 0.3) is 0 Å². The number of phenolic OH excluding ortho intramolecular Hbond substituents is 2. The molecule has 0 saturated carbocycles. The van der Waals surface area contributed by atoms with Gasteiger partial charge in [0.15, 0.2) is 0 Å². The summed E-state index contributed by atoms with van der Waals surface area (Å²) in [5.74, 6) is -0.791. The van der Waals surface area contributed by atoms with Crippen LogP contribution in [0.4, 0.5) is 0 Å². The monoisotopic (exact) mass is 292 g/mol. The Bertz CT molecular complexity index is 554. The Morgan fingerprint density at radius 2 is 2.05 bits per heavy atom. The van der Waals surface area contributed by atoms with Crippen LogP contribution in [0.5, 0.6) is 11.5 Å². The number of rotatable bonds is 2. The molecule has 0 radical (unpaired) electrons. The molecule has 2 aliphatic rings. The highest BCUT2D eigenvalue weighted by Crippen LogP contribution is 2.34. The van der Waals surface area contributed by atoms with Gasteiger partial charge in [-0.3, -0.25) is 0 Å². The minimum Gasteiger partial charge on any atom is -0.508 e. The van der Waals surface area contributed by atoms with E-state index in [1.54, 1.807) is 0 Å². The van der Waals surface area contributed by atoms with Gasteiger partial charge >= 0.3 is 5.97 Å². The second kappa shape index (κ2) is 5.56. The van der Waals surface area contributed by atoms with Crippen LogP contribution in [-0.2, 0) is 15.9 Å². The largest absolute Gasteiger partial charge is 0.508 e. The average molecular weight is 292 g/mol. The Morgan fingerprint density at radius 1 is 1.24 bits per heavy atom. The zero-order valence-electron chi connectivity index (χ0n) is 12.0. The second-order valence-electron chi connectivity index (χ2n) is 5.97. The first-order valence-corrected chi connectivity index (χ1v) is 7.44. The number of fused-ring (bicyclic) bond motifs is 1. The summed E-state index contributed by atoms with van der Waals surface area (Å²) in [6.07, 6.45) is 4.44. The standard InChI is InChI=1S/C16H20O5/c1-9-3-2-4-12(20-9)8-13-6-10-5-11(17)7-14(18)15(10)16(19)21-13/h5,7,9,12-13,17-18H,2-4,6,8H2,1H3/t9-,12?,13-/m0/s1. The van der Waals surface area contributed by atoms with E-state index in [1.165, 1.54) is 6.07 Å². The lowest BCUT2D eigenvalue weighted by Gasteiger charge is -2.32. The molecule has 0 spiro atoms. The van der Waals surface area contributed by atoms with Crippen LogP contribution < -0.4 is 0 Å². The molecule has 3 atom stereocenters. The minimum absolute atomic E-state index is 0.0396. The summed E-state index contributed by atoms with van der Waals surface area (Å²) in [6.45, 7) is 2.06. The van der Waals surface area contributed by atoms with Crippen molar-refractivity contribution >= 4 is 5.97 Å². The fraction of sp³-hybridized carbons (Fsp3) is 0.562. The molecule has 2 heterocycles. The molecular weight excluding hydrogens is 272 g/mol. The third-order valence-corrected chi connectivity index (χ3v) is 4.20. The highest BCUT2D eigenvalue weighted by Gasteiger charge is 2.32. The van der Waals surface area contributed by atoms with Crippen molar-refractivity contribution in [3.8, 4) is 11.5 Å². The normalized spacial score (nSPS) is 28.8. The minimum atomic E-state index is -0.525. The van der Waals surface area contributed by atoms with E-state index in [0.29, 0.717) is 18.4 Å². The number of hydrogen-bond donors (Lipinski definition) is 2. The van der Waals surface area contributed by atoms with Crippen molar-refractivity contribution in [1.29, 1.82) is 0 Å². The molecule has 5 nitrogen and oxygen atoms in total. The second-order valence-corrected chi connectivity index (χ2v) is 5.97. The van der Waals surface area contributed by atoms with Gasteiger partial charge in [-0.15, -0.1) is 0 Å². The lowest BCUT2D eigenvalue weighted by atomic mass is 9.92. The lowest BCUT2D eigenvalue weighted by molar-refractivity contribution is -0.0647. The Labute approximate surface area is 123 Å². The number of hydrogen-bond acceptors (Lipinski definition) is 5. The zero-order chi connectivity index (χ0) is 15.0. The third-order valence-electron chi connectivity index (χ3n) is 4.20. The van der Waals surface area contributed by atoms with Crippen molar-refractivity contribution < 1.29 is 24.5 Å². The van der Waals surface area contributed by atoms with E-state index in [4.69, 9.17) is 9.47 Å². The van der Waals surface area contributed by atoms with Crippen molar-refractivity contribution in [2.24, 2.45) is 0 Å². The molecule has 2 N–H and O–H groups in total. The summed E-state index contributed by atoms with van der Waals surface area (Å²) < 4.78 is 11.3. The number of benzene rings is 1. The quantitative estimate of drug-likeness (QED) is 0.819. The highest BCUT2D eigenvalue weighted by molar-refractivity contribution is 5.95. The van der Waals surface area contributed by atoms with Gasteiger partial charge in [0.2, 0.25) is 0 Å². The predicted octanol–water partition coefficient (Wildman–Crippen LogP) is 2.53. The summed E-state index contributed by atoms with van der Waals surface area (Å²) in [4.78, 5) is 12.0. The zero-order valence-corrected chi connectivity index (χ0v) is 12.0. The lowest BCUT2D eigenvalue weighted by Crippen LogP contribution is -2.34. The van der Waals surface area contributed by atoms with Crippen molar-refractivity contribution in [3.05, 3.63) is 23.3 Å². The van der Waals surface area contributed by atoms with E-state index < -0.39 is 5.97 Å². The average Bonchev–Trinajstić information content (AvgIpc) is 2.37. The molecule has 1 fully saturated rings. The van der Waals surface area contributed by atoms with Gasteiger partial charge in [-0.2, -0.15) is 0 Å². The van der Waals surface area contributed by atoms with E-state index in [-0.39, 0.29) is 35.4 Å². The van der Waals surface area contributed by atoms with Gasteiger partial charge in [-0.05, 0) is 37.8 Å². The molecule has 21 heavy (non-hydrogen) atoms. The van der Waals surface area contributed by atoms with Crippen LogP contribution >= 0.6 is 0 Å². The SMILES string of the molecule is C[C@H]1CCCC(C[C@@H]2Cc3cc(O)cc(O)c3C(=O)O2)O1. The maximum absolute atomic E-state index is 12.0. The Kier molecular flexibility index (Phi) is 3.76. The smallest absolute Gasteiger partial charge is 0.342 e. The fourth-order valence-corrected chi connectivity index (χ4v) is 3.26. The molecule has 1 saturated heterocycles. The molecule has 0 aromatic heterocycles. The molecular formula is C16H20O5. The maximum Gasteiger partial charge on any atom is 0.342 e. The van der Waals surface area contributed by atoms with E-state index in [0.717, 1.165) is 25.3 Å². The topological polar surface area (TPSA) is 76.0 Å². The third kappa shape index (κ3) is 2.97. The van der Waals surface area contributed by atoms with Crippen LogP contribution in [0.3, 0.4) is 0 Å². The van der Waals surface area contributed by atoms with Gasteiger partial charge in [0, 0.05) is 18.9 Å². The Morgan fingerprint density at radius 3 is 2.81 bits per heavy atom. The summed E-state index contributed by atoms with van der Waals surface area (Å²) in [6, 6.07) is 2.68. The van der Waals surface area contributed by atoms with E-state index >= 15 is 0 Å². The van der Waals surface area contributed by atoms with Crippen molar-refractivity contribution in [2.75, 3.05) is 0 Å². The maximum atomic E-state index is 12.0. The molecule has 114 valence electrons. The van der Waals surface area contributed by atoms with Crippen LogP contribution in [0.2, 0.25) is 0 Å². The summed E-state index contributed by atoms with van der Waals surface area (Å²) in [7, 11) is 0. The van der Waals surface area contributed by atoms with Crippen molar-refractivity contribution in [2.45, 2.75) is 57.3 Å². The predicted molar refractivity (Wildman–Crippen MR) is 75.5 cm³/mol. The number of carbonyl (C=O) groups excluding carboxylic acids is 1. The summed E-state index contributed by atoms with van der Waals surface area (Å²) in [5.41, 5.74) is 0.805. The molecule has 5 heteroatoms. The first-order valence-electron chi connectivity index (χ1n) is 7.44. The van der Waals surface area contributed by atoms with Crippen molar-refractivity contribution in [3.63, 3.8) is 0 Å². The van der Waals surface area contributed by atoms with Gasteiger partial charge in [0.25, 0.3) is 0 Å². The molecule has 1 aromatic rings. The number of esters is 1. The van der Waals surface area contributed by atoms with Crippen LogP contribution in [0, 0.1) is 0 Å².